The number of nitrogens with zero attached hydrogens (tertiary/aromatic N) is 1. The van der Waals surface area contributed by atoms with Crippen molar-refractivity contribution in [3.63, 3.8) is 0 Å². The van der Waals surface area contributed by atoms with Crippen molar-refractivity contribution in [3.05, 3.63) is 52.6 Å². The number of piperidine rings is 1. The maximum absolute atomic E-state index is 12.3. The number of aromatic nitrogens is 1. The van der Waals surface area contributed by atoms with Crippen LogP contribution in [0.4, 0.5) is 0 Å². The third-order valence-corrected chi connectivity index (χ3v) is 4.52. The summed E-state index contributed by atoms with van der Waals surface area (Å²) >= 11 is 3.38. The fraction of sp³-hybridized carbons (Fsp3) is 0.333. The van der Waals surface area contributed by atoms with Gasteiger partial charge in [0.1, 0.15) is 5.75 Å². The zero-order valence-corrected chi connectivity index (χ0v) is 15.0. The molecular formula is C18H20BrN3O2. The Balaban J connectivity index is 1.59. The minimum absolute atomic E-state index is 0.0863. The molecular weight excluding hydrogens is 370 g/mol. The van der Waals surface area contributed by atoms with Crippen molar-refractivity contribution >= 4 is 21.8 Å². The molecule has 5 nitrogen and oxygen atoms in total. The lowest BCUT2D eigenvalue weighted by atomic mass is 10.0. The molecule has 1 saturated heterocycles. The van der Waals surface area contributed by atoms with Crippen LogP contribution in [-0.4, -0.2) is 29.5 Å². The van der Waals surface area contributed by atoms with Gasteiger partial charge in [0.15, 0.2) is 0 Å². The van der Waals surface area contributed by atoms with E-state index >= 15 is 0 Å². The van der Waals surface area contributed by atoms with E-state index in [4.69, 9.17) is 4.74 Å². The predicted octanol–water partition coefficient (Wildman–Crippen LogP) is 3.51. The van der Waals surface area contributed by atoms with E-state index in [9.17, 15) is 4.79 Å². The fourth-order valence-corrected chi connectivity index (χ4v) is 2.99. The number of carbonyl (C=O) groups is 1. The summed E-state index contributed by atoms with van der Waals surface area (Å²) in [5.74, 6) is 1.08. The van der Waals surface area contributed by atoms with E-state index in [0.29, 0.717) is 23.2 Å². The summed E-state index contributed by atoms with van der Waals surface area (Å²) in [5.41, 5.74) is 0.546. The van der Waals surface area contributed by atoms with Crippen molar-refractivity contribution in [1.29, 1.82) is 0 Å². The fourth-order valence-electron chi connectivity index (χ4n) is 2.73. The third-order valence-electron chi connectivity index (χ3n) is 3.99. The van der Waals surface area contributed by atoms with Crippen molar-refractivity contribution in [1.82, 2.24) is 15.6 Å². The van der Waals surface area contributed by atoms with E-state index in [-0.39, 0.29) is 11.9 Å². The van der Waals surface area contributed by atoms with Gasteiger partial charge >= 0.3 is 0 Å². The van der Waals surface area contributed by atoms with Crippen LogP contribution in [0, 0.1) is 0 Å². The highest BCUT2D eigenvalue weighted by atomic mass is 79.9. The molecule has 0 spiro atoms. The number of carbonyl (C=O) groups excluding carboxylic acids is 1. The average molecular weight is 390 g/mol. The van der Waals surface area contributed by atoms with Gasteiger partial charge in [0.05, 0.1) is 5.56 Å². The maximum Gasteiger partial charge on any atom is 0.253 e. The van der Waals surface area contributed by atoms with Gasteiger partial charge < -0.3 is 15.4 Å². The first-order chi connectivity index (χ1) is 11.6. The van der Waals surface area contributed by atoms with Gasteiger partial charge in [0, 0.05) is 28.8 Å². The minimum Gasteiger partial charge on any atom is -0.439 e. The van der Waals surface area contributed by atoms with E-state index in [1.54, 1.807) is 18.3 Å². The first-order valence-corrected chi connectivity index (χ1v) is 8.83. The Morgan fingerprint density at radius 3 is 2.75 bits per heavy atom. The van der Waals surface area contributed by atoms with Crippen molar-refractivity contribution < 1.29 is 9.53 Å². The normalized spacial score (nSPS) is 20.4. The van der Waals surface area contributed by atoms with Crippen LogP contribution < -0.4 is 15.4 Å². The van der Waals surface area contributed by atoms with Gasteiger partial charge in [-0.15, -0.1) is 0 Å². The van der Waals surface area contributed by atoms with Crippen LogP contribution in [0.2, 0.25) is 0 Å². The topological polar surface area (TPSA) is 63.2 Å². The first kappa shape index (κ1) is 16.9. The summed E-state index contributed by atoms with van der Waals surface area (Å²) in [6.45, 7) is 3.07. The third kappa shape index (κ3) is 4.55. The number of benzene rings is 1. The molecule has 1 aliphatic heterocycles. The van der Waals surface area contributed by atoms with Crippen LogP contribution >= 0.6 is 15.9 Å². The number of ether oxygens (including phenoxy) is 1. The molecule has 0 aliphatic carbocycles. The molecule has 2 unspecified atom stereocenters. The Hall–Kier alpha value is -1.92. The zero-order chi connectivity index (χ0) is 16.9. The number of pyridine rings is 1. The van der Waals surface area contributed by atoms with Crippen molar-refractivity contribution in [3.8, 4) is 11.6 Å². The van der Waals surface area contributed by atoms with Gasteiger partial charge in [0.25, 0.3) is 5.91 Å². The average Bonchev–Trinajstić information content (AvgIpc) is 2.57. The highest BCUT2D eigenvalue weighted by Gasteiger charge is 2.20. The van der Waals surface area contributed by atoms with Crippen LogP contribution in [0.3, 0.4) is 0 Å². The SMILES string of the molecule is CC1CC(NC(=O)c2ccc(Oc3ccc(Br)cc3)nc2)CCN1. The number of amides is 1. The van der Waals surface area contributed by atoms with E-state index in [1.165, 1.54) is 0 Å². The van der Waals surface area contributed by atoms with E-state index in [1.807, 2.05) is 24.3 Å². The summed E-state index contributed by atoms with van der Waals surface area (Å²) in [4.78, 5) is 16.5. The lowest BCUT2D eigenvalue weighted by molar-refractivity contribution is 0.0925. The summed E-state index contributed by atoms with van der Waals surface area (Å²) in [6, 6.07) is 11.6. The number of halogens is 1. The number of hydrogen-bond acceptors (Lipinski definition) is 4. The van der Waals surface area contributed by atoms with Gasteiger partial charge in [-0.1, -0.05) is 15.9 Å². The summed E-state index contributed by atoms with van der Waals surface area (Å²) in [6.07, 6.45) is 3.45. The molecule has 126 valence electrons. The van der Waals surface area contributed by atoms with Gasteiger partial charge in [0.2, 0.25) is 5.88 Å². The van der Waals surface area contributed by atoms with Crippen molar-refractivity contribution in [2.75, 3.05) is 6.54 Å². The molecule has 2 N–H and O–H groups in total. The summed E-state index contributed by atoms with van der Waals surface area (Å²) in [5, 5.41) is 6.45. The minimum atomic E-state index is -0.0863. The zero-order valence-electron chi connectivity index (χ0n) is 13.5. The lowest BCUT2D eigenvalue weighted by Gasteiger charge is -2.28. The number of nitrogens with one attached hydrogen (secondary N) is 2. The molecule has 2 atom stereocenters. The van der Waals surface area contributed by atoms with Gasteiger partial charge in [-0.3, -0.25) is 4.79 Å². The van der Waals surface area contributed by atoms with Gasteiger partial charge in [-0.2, -0.15) is 0 Å². The Labute approximate surface area is 149 Å². The summed E-state index contributed by atoms with van der Waals surface area (Å²) < 4.78 is 6.65. The molecule has 2 aromatic rings. The number of rotatable bonds is 4. The van der Waals surface area contributed by atoms with E-state index < -0.39 is 0 Å². The van der Waals surface area contributed by atoms with E-state index in [2.05, 4.69) is 38.5 Å². The molecule has 1 aliphatic rings. The van der Waals surface area contributed by atoms with Crippen molar-refractivity contribution in [2.45, 2.75) is 31.8 Å². The van der Waals surface area contributed by atoms with Gasteiger partial charge in [-0.25, -0.2) is 4.98 Å². The highest BCUT2D eigenvalue weighted by molar-refractivity contribution is 9.10. The molecule has 24 heavy (non-hydrogen) atoms. The second-order valence-corrected chi connectivity index (χ2v) is 6.91. The van der Waals surface area contributed by atoms with Crippen LogP contribution in [-0.2, 0) is 0 Å². The van der Waals surface area contributed by atoms with Crippen LogP contribution in [0.1, 0.15) is 30.1 Å². The Bertz CT molecular complexity index is 688. The molecule has 1 fully saturated rings. The molecule has 3 rings (SSSR count). The predicted molar refractivity (Wildman–Crippen MR) is 96.4 cm³/mol. The quantitative estimate of drug-likeness (QED) is 0.839. The molecule has 6 heteroatoms. The first-order valence-electron chi connectivity index (χ1n) is 8.04. The number of hydrogen-bond donors (Lipinski definition) is 2. The molecule has 0 bridgehead atoms. The van der Waals surface area contributed by atoms with Crippen molar-refractivity contribution in [2.24, 2.45) is 0 Å². The van der Waals surface area contributed by atoms with Crippen LogP contribution in [0.25, 0.3) is 0 Å². The molecule has 1 aromatic heterocycles. The largest absolute Gasteiger partial charge is 0.439 e. The standard InChI is InChI=1S/C18H20BrN3O2/c1-12-10-15(8-9-20-12)22-18(23)13-2-7-17(21-11-13)24-16-5-3-14(19)4-6-16/h2-7,11-12,15,20H,8-10H2,1H3,(H,22,23). The molecule has 2 heterocycles. The highest BCUT2D eigenvalue weighted by Crippen LogP contribution is 2.21. The van der Waals surface area contributed by atoms with Gasteiger partial charge in [-0.05, 0) is 56.6 Å². The Kier molecular flexibility index (Phi) is 5.48. The lowest BCUT2D eigenvalue weighted by Crippen LogP contribution is -2.46. The Morgan fingerprint density at radius 2 is 2.08 bits per heavy atom. The second kappa shape index (κ2) is 7.77. The second-order valence-electron chi connectivity index (χ2n) is 5.99. The molecule has 1 aromatic carbocycles. The maximum atomic E-state index is 12.3. The molecule has 0 radical (unpaired) electrons. The smallest absolute Gasteiger partial charge is 0.253 e. The Morgan fingerprint density at radius 1 is 1.29 bits per heavy atom. The molecule has 1 amide bonds. The van der Waals surface area contributed by atoms with Crippen LogP contribution in [0.5, 0.6) is 11.6 Å². The summed E-state index contributed by atoms with van der Waals surface area (Å²) in [7, 11) is 0. The monoisotopic (exact) mass is 389 g/mol. The van der Waals surface area contributed by atoms with Crippen LogP contribution in [0.15, 0.2) is 47.1 Å². The van der Waals surface area contributed by atoms with E-state index in [0.717, 1.165) is 23.9 Å². The molecule has 0 saturated carbocycles.